The summed E-state index contributed by atoms with van der Waals surface area (Å²) in [6.45, 7) is 0. The molecule has 0 spiro atoms. The van der Waals surface area contributed by atoms with Gasteiger partial charge in [0.1, 0.15) is 5.76 Å². The number of carbonyl (C=O) groups excluding carboxylic acids is 2. The number of hydrogen-bond donors (Lipinski definition) is 0. The third-order valence-corrected chi connectivity index (χ3v) is 6.89. The number of rotatable bonds is 3. The molecule has 0 fully saturated rings. The lowest BCUT2D eigenvalue weighted by Gasteiger charge is -2.40. The molecule has 3 aromatic carbocycles. The number of furan rings is 1. The highest BCUT2D eigenvalue weighted by Crippen LogP contribution is 2.47. The van der Waals surface area contributed by atoms with E-state index < -0.39 is 0 Å². The standard InChI is InChI=1S/C29H23NO3/c31-26-17-21(19-8-2-1-3-9-19)16-25-29(26)23(27-14-7-15-33-27)18-28(32)30(25)24-13-6-11-20-10-4-5-12-22(20)24/h1-15,21,23H,16-18H2. The molecule has 0 bridgehead atoms. The van der Waals surface area contributed by atoms with Gasteiger partial charge >= 0.3 is 0 Å². The van der Waals surface area contributed by atoms with Gasteiger partial charge in [-0.05, 0) is 41.5 Å². The van der Waals surface area contributed by atoms with Gasteiger partial charge in [0.05, 0.1) is 17.9 Å². The van der Waals surface area contributed by atoms with Gasteiger partial charge in [-0.2, -0.15) is 0 Å². The van der Waals surface area contributed by atoms with Crippen LogP contribution >= 0.6 is 0 Å². The number of hydrogen-bond acceptors (Lipinski definition) is 3. The molecular formula is C29H23NO3. The van der Waals surface area contributed by atoms with Crippen LogP contribution in [0.3, 0.4) is 0 Å². The first-order valence-electron chi connectivity index (χ1n) is 11.4. The topological polar surface area (TPSA) is 50.5 Å². The van der Waals surface area contributed by atoms with Gasteiger partial charge in [0.2, 0.25) is 5.91 Å². The average molecular weight is 434 g/mol. The first-order valence-corrected chi connectivity index (χ1v) is 11.4. The smallest absolute Gasteiger partial charge is 0.232 e. The molecule has 0 N–H and O–H groups in total. The summed E-state index contributed by atoms with van der Waals surface area (Å²) in [5.41, 5.74) is 3.51. The van der Waals surface area contributed by atoms with Crippen LogP contribution in [0.5, 0.6) is 0 Å². The second-order valence-electron chi connectivity index (χ2n) is 8.80. The van der Waals surface area contributed by atoms with E-state index in [0.717, 1.165) is 33.3 Å². The normalized spacial score (nSPS) is 20.9. The zero-order valence-corrected chi connectivity index (χ0v) is 18.1. The number of nitrogens with zero attached hydrogens (tertiary/aromatic N) is 1. The summed E-state index contributed by atoms with van der Waals surface area (Å²) in [6.07, 6.45) is 2.91. The maximum absolute atomic E-state index is 13.7. The SMILES string of the molecule is O=C1CC(c2ccccc2)CC2=C1C(c1ccco1)CC(=O)N2c1cccc2ccccc12. The van der Waals surface area contributed by atoms with Crippen LogP contribution in [0, 0.1) is 0 Å². The van der Waals surface area contributed by atoms with Crippen molar-refractivity contribution in [1.29, 1.82) is 0 Å². The molecule has 0 saturated heterocycles. The molecule has 1 aromatic heterocycles. The lowest BCUT2D eigenvalue weighted by molar-refractivity contribution is -0.120. The molecule has 1 amide bonds. The zero-order valence-electron chi connectivity index (χ0n) is 18.1. The molecule has 0 saturated carbocycles. The van der Waals surface area contributed by atoms with Crippen molar-refractivity contribution in [3.8, 4) is 0 Å². The monoisotopic (exact) mass is 433 g/mol. The number of allylic oxidation sites excluding steroid dienone is 2. The molecule has 4 heteroatoms. The molecule has 1 aliphatic heterocycles. The first-order chi connectivity index (χ1) is 16.2. The van der Waals surface area contributed by atoms with Gasteiger partial charge in [0.15, 0.2) is 5.78 Å². The van der Waals surface area contributed by atoms with E-state index in [1.807, 2.05) is 77.7 Å². The Labute approximate surface area is 192 Å². The van der Waals surface area contributed by atoms with Crippen molar-refractivity contribution >= 4 is 28.2 Å². The minimum absolute atomic E-state index is 0.00647. The van der Waals surface area contributed by atoms with Crippen molar-refractivity contribution in [2.24, 2.45) is 0 Å². The third-order valence-electron chi connectivity index (χ3n) is 6.89. The number of anilines is 1. The molecule has 4 aromatic rings. The molecule has 2 unspecified atom stereocenters. The lowest BCUT2D eigenvalue weighted by atomic mass is 9.74. The number of Topliss-reactive ketones (excluding diaryl/α,β-unsaturated/α-hetero) is 1. The van der Waals surface area contributed by atoms with Gasteiger partial charge in [-0.25, -0.2) is 0 Å². The molecule has 4 nitrogen and oxygen atoms in total. The van der Waals surface area contributed by atoms with Crippen LogP contribution < -0.4 is 4.90 Å². The van der Waals surface area contributed by atoms with Crippen LogP contribution in [-0.4, -0.2) is 11.7 Å². The van der Waals surface area contributed by atoms with Gasteiger partial charge in [0.25, 0.3) is 0 Å². The van der Waals surface area contributed by atoms with Crippen LogP contribution in [-0.2, 0) is 9.59 Å². The Morgan fingerprint density at radius 1 is 0.758 bits per heavy atom. The Bertz CT molecular complexity index is 1380. The summed E-state index contributed by atoms with van der Waals surface area (Å²) in [6, 6.07) is 27.9. The van der Waals surface area contributed by atoms with Crippen molar-refractivity contribution in [1.82, 2.24) is 0 Å². The van der Waals surface area contributed by atoms with E-state index >= 15 is 0 Å². The summed E-state index contributed by atoms with van der Waals surface area (Å²) in [7, 11) is 0. The van der Waals surface area contributed by atoms with E-state index in [2.05, 4.69) is 12.1 Å². The van der Waals surface area contributed by atoms with Crippen molar-refractivity contribution in [2.75, 3.05) is 4.90 Å². The highest BCUT2D eigenvalue weighted by atomic mass is 16.3. The Morgan fingerprint density at radius 3 is 2.36 bits per heavy atom. The predicted octanol–water partition coefficient (Wildman–Crippen LogP) is 6.35. The number of carbonyl (C=O) groups is 2. The molecule has 2 heterocycles. The maximum atomic E-state index is 13.7. The molecule has 6 rings (SSSR count). The largest absolute Gasteiger partial charge is 0.469 e. The highest BCUT2D eigenvalue weighted by molar-refractivity contribution is 6.11. The fourth-order valence-electron chi connectivity index (χ4n) is 5.41. The quantitative estimate of drug-likeness (QED) is 0.378. The van der Waals surface area contributed by atoms with Crippen molar-refractivity contribution in [2.45, 2.75) is 31.1 Å². The van der Waals surface area contributed by atoms with E-state index in [4.69, 9.17) is 4.42 Å². The van der Waals surface area contributed by atoms with Crippen molar-refractivity contribution < 1.29 is 14.0 Å². The minimum Gasteiger partial charge on any atom is -0.469 e. The Balaban J connectivity index is 1.55. The van der Waals surface area contributed by atoms with E-state index in [9.17, 15) is 9.59 Å². The molecule has 162 valence electrons. The van der Waals surface area contributed by atoms with Gasteiger partial charge in [-0.15, -0.1) is 0 Å². The van der Waals surface area contributed by atoms with Crippen LogP contribution in [0.25, 0.3) is 10.8 Å². The maximum Gasteiger partial charge on any atom is 0.232 e. The van der Waals surface area contributed by atoms with E-state index in [-0.39, 0.29) is 29.9 Å². The number of fused-ring (bicyclic) bond motifs is 1. The second kappa shape index (κ2) is 7.89. The summed E-state index contributed by atoms with van der Waals surface area (Å²) >= 11 is 0. The van der Waals surface area contributed by atoms with Crippen LogP contribution in [0.4, 0.5) is 5.69 Å². The van der Waals surface area contributed by atoms with Crippen LogP contribution in [0.15, 0.2) is 107 Å². The second-order valence-corrected chi connectivity index (χ2v) is 8.80. The number of benzene rings is 3. The summed E-state index contributed by atoms with van der Waals surface area (Å²) < 4.78 is 5.68. The van der Waals surface area contributed by atoms with E-state index in [1.54, 1.807) is 6.26 Å². The highest BCUT2D eigenvalue weighted by Gasteiger charge is 2.43. The molecule has 1 aliphatic carbocycles. The van der Waals surface area contributed by atoms with E-state index in [1.165, 1.54) is 0 Å². The summed E-state index contributed by atoms with van der Waals surface area (Å²) in [4.78, 5) is 29.1. The van der Waals surface area contributed by atoms with Crippen LogP contribution in [0.2, 0.25) is 0 Å². The van der Waals surface area contributed by atoms with Crippen LogP contribution in [0.1, 0.15) is 42.4 Å². The zero-order chi connectivity index (χ0) is 22.4. The summed E-state index contributed by atoms with van der Waals surface area (Å²) in [5.74, 6) is 0.480. The van der Waals surface area contributed by atoms with E-state index in [0.29, 0.717) is 18.6 Å². The molecule has 0 radical (unpaired) electrons. The fraction of sp³-hybridized carbons (Fsp3) is 0.172. The lowest BCUT2D eigenvalue weighted by Crippen LogP contribution is -2.41. The van der Waals surface area contributed by atoms with Gasteiger partial charge < -0.3 is 4.42 Å². The molecular weight excluding hydrogens is 410 g/mol. The van der Waals surface area contributed by atoms with Gasteiger partial charge in [-0.3, -0.25) is 14.5 Å². The number of ketones is 1. The van der Waals surface area contributed by atoms with Crippen molar-refractivity contribution in [3.63, 3.8) is 0 Å². The Morgan fingerprint density at radius 2 is 1.55 bits per heavy atom. The molecule has 2 atom stereocenters. The average Bonchev–Trinajstić information content (AvgIpc) is 3.39. The van der Waals surface area contributed by atoms with Crippen molar-refractivity contribution in [3.05, 3.63) is 114 Å². The third kappa shape index (κ3) is 3.30. The minimum atomic E-state index is -0.335. The van der Waals surface area contributed by atoms with Gasteiger partial charge in [-0.1, -0.05) is 66.7 Å². The Kier molecular flexibility index (Phi) is 4.72. The number of amides is 1. The predicted molar refractivity (Wildman–Crippen MR) is 128 cm³/mol. The Hall–Kier alpha value is -3.92. The fourth-order valence-corrected chi connectivity index (χ4v) is 5.41. The first kappa shape index (κ1) is 19.7. The molecule has 2 aliphatic rings. The summed E-state index contributed by atoms with van der Waals surface area (Å²) in [5, 5.41) is 2.07. The van der Waals surface area contributed by atoms with Gasteiger partial charge in [0, 0.05) is 29.5 Å². The molecule has 33 heavy (non-hydrogen) atoms.